The van der Waals surface area contributed by atoms with Crippen LogP contribution in [0.1, 0.15) is 84.3 Å². The number of hydrogen-bond donors (Lipinski definition) is 0. The van der Waals surface area contributed by atoms with E-state index >= 15 is 0 Å². The number of hydrogen-bond acceptors (Lipinski definition) is 5. The third-order valence-corrected chi connectivity index (χ3v) is 8.44. The Balaban J connectivity index is 1.51. The van der Waals surface area contributed by atoms with E-state index in [1.165, 1.54) is 29.4 Å². The van der Waals surface area contributed by atoms with Gasteiger partial charge in [-0.15, -0.1) is 0 Å². The maximum absolute atomic E-state index is 14.2. The van der Waals surface area contributed by atoms with E-state index in [2.05, 4.69) is 38.1 Å². The van der Waals surface area contributed by atoms with Crippen LogP contribution in [0, 0.1) is 17.8 Å². The molecule has 3 aliphatic rings. The molecule has 39 heavy (non-hydrogen) atoms. The van der Waals surface area contributed by atoms with E-state index in [1.807, 2.05) is 25.7 Å². The predicted octanol–water partition coefficient (Wildman–Crippen LogP) is 5.86. The average molecular weight is 539 g/mol. The molecule has 1 aliphatic heterocycles. The molecule has 0 radical (unpaired) electrons. The molecular weight excluding hydrogens is 492 g/mol. The van der Waals surface area contributed by atoms with Crippen molar-refractivity contribution in [1.82, 2.24) is 9.80 Å². The number of rotatable bonds is 6. The van der Waals surface area contributed by atoms with E-state index in [1.54, 1.807) is 11.9 Å². The summed E-state index contributed by atoms with van der Waals surface area (Å²) in [6.45, 7) is 10.6. The van der Waals surface area contributed by atoms with Crippen LogP contribution in [0.3, 0.4) is 0 Å². The second-order valence-corrected chi connectivity index (χ2v) is 13.1. The molecular formula is C32H46N2O5. The summed E-state index contributed by atoms with van der Waals surface area (Å²) >= 11 is 0. The molecule has 0 spiro atoms. The lowest BCUT2D eigenvalue weighted by Crippen LogP contribution is -2.56. The lowest BCUT2D eigenvalue weighted by Gasteiger charge is -2.45. The number of esters is 1. The molecule has 4 rings (SSSR count). The summed E-state index contributed by atoms with van der Waals surface area (Å²) in [4.78, 5) is 43.4. The Morgan fingerprint density at radius 2 is 1.74 bits per heavy atom. The number of carbonyl (C=O) groups is 3. The van der Waals surface area contributed by atoms with Gasteiger partial charge in [0.05, 0.1) is 13.2 Å². The summed E-state index contributed by atoms with van der Waals surface area (Å²) in [5.41, 5.74) is 4.50. The summed E-state index contributed by atoms with van der Waals surface area (Å²) in [6, 6.07) is 7.71. The van der Waals surface area contributed by atoms with Gasteiger partial charge in [-0.2, -0.15) is 0 Å². The maximum Gasteiger partial charge on any atom is 0.410 e. The van der Waals surface area contributed by atoms with Crippen molar-refractivity contribution in [3.05, 3.63) is 41.0 Å². The van der Waals surface area contributed by atoms with Gasteiger partial charge in [0.15, 0.2) is 0 Å². The van der Waals surface area contributed by atoms with E-state index < -0.39 is 11.6 Å². The first-order chi connectivity index (χ1) is 18.4. The zero-order valence-electron chi connectivity index (χ0n) is 24.8. The van der Waals surface area contributed by atoms with Gasteiger partial charge < -0.3 is 19.3 Å². The Kier molecular flexibility index (Phi) is 8.77. The van der Waals surface area contributed by atoms with Crippen molar-refractivity contribution in [3.8, 4) is 0 Å². The molecule has 1 heterocycles. The zero-order chi connectivity index (χ0) is 28.5. The van der Waals surface area contributed by atoms with Crippen LogP contribution < -0.4 is 0 Å². The van der Waals surface area contributed by atoms with Crippen molar-refractivity contribution in [1.29, 1.82) is 0 Å². The van der Waals surface area contributed by atoms with Gasteiger partial charge in [0, 0.05) is 25.9 Å². The maximum atomic E-state index is 14.2. The largest absolute Gasteiger partial charge is 0.467 e. The van der Waals surface area contributed by atoms with E-state index in [-0.39, 0.29) is 29.9 Å². The minimum absolute atomic E-state index is 0.0810. The first-order valence-electron chi connectivity index (χ1n) is 14.5. The molecule has 214 valence electrons. The van der Waals surface area contributed by atoms with Crippen LogP contribution >= 0.6 is 0 Å². The van der Waals surface area contributed by atoms with Crippen LogP contribution in [0.15, 0.2) is 29.8 Å². The van der Waals surface area contributed by atoms with E-state index in [9.17, 15) is 14.4 Å². The normalized spacial score (nSPS) is 24.8. The molecule has 1 saturated carbocycles. The monoisotopic (exact) mass is 538 g/mol. The smallest absolute Gasteiger partial charge is 0.410 e. The predicted molar refractivity (Wildman–Crippen MR) is 152 cm³/mol. The number of benzene rings is 1. The highest BCUT2D eigenvalue weighted by molar-refractivity contribution is 5.91. The van der Waals surface area contributed by atoms with Crippen molar-refractivity contribution in [3.63, 3.8) is 0 Å². The van der Waals surface area contributed by atoms with Crippen molar-refractivity contribution in [2.75, 3.05) is 20.7 Å². The quantitative estimate of drug-likeness (QED) is 0.424. The highest BCUT2D eigenvalue weighted by atomic mass is 16.6. The molecule has 0 aromatic heterocycles. The highest BCUT2D eigenvalue weighted by Gasteiger charge is 2.47. The molecule has 2 amide bonds. The first-order valence-corrected chi connectivity index (χ1v) is 14.5. The highest BCUT2D eigenvalue weighted by Crippen LogP contribution is 2.46. The molecule has 1 fully saturated rings. The van der Waals surface area contributed by atoms with Gasteiger partial charge in [-0.1, -0.05) is 38.1 Å². The summed E-state index contributed by atoms with van der Waals surface area (Å²) in [5, 5.41) is 0. The SMILES string of the molecule is COC(=O)C1CC2=C(Cc3ccccc32)C(CC(C)C)N1C(=O)C1CCC(CN(C)C(=O)OC(C)(C)C)CC1. The standard InChI is InChI=1S/C32H46N2O5/c1-20(2)16-27-26-17-23-10-8-9-11-24(23)25(26)18-28(30(36)38-7)34(27)29(35)22-14-12-21(13-15-22)19-33(6)31(37)39-32(3,4)5/h8-11,20-22,27-28H,12-19H2,1-7H3. The topological polar surface area (TPSA) is 76.2 Å². The molecule has 2 atom stereocenters. The molecule has 0 saturated heterocycles. The lowest BCUT2D eigenvalue weighted by molar-refractivity contribution is -0.157. The number of ether oxygens (including phenoxy) is 2. The Morgan fingerprint density at radius 3 is 2.36 bits per heavy atom. The van der Waals surface area contributed by atoms with Crippen LogP contribution in [0.5, 0.6) is 0 Å². The fourth-order valence-corrected chi connectivity index (χ4v) is 6.64. The molecule has 0 N–H and O–H groups in total. The Bertz CT molecular complexity index is 1110. The summed E-state index contributed by atoms with van der Waals surface area (Å²) in [6.07, 6.45) is 5.12. The Morgan fingerprint density at radius 1 is 1.08 bits per heavy atom. The molecule has 2 unspecified atom stereocenters. The van der Waals surface area contributed by atoms with Crippen LogP contribution in [0.25, 0.3) is 5.57 Å². The van der Waals surface area contributed by atoms with Crippen molar-refractivity contribution < 1.29 is 23.9 Å². The summed E-state index contributed by atoms with van der Waals surface area (Å²) < 4.78 is 10.8. The fraction of sp³-hybridized carbons (Fsp3) is 0.656. The molecule has 1 aromatic carbocycles. The minimum atomic E-state index is -0.604. The van der Waals surface area contributed by atoms with Gasteiger partial charge in [-0.25, -0.2) is 9.59 Å². The molecule has 1 aromatic rings. The van der Waals surface area contributed by atoms with Gasteiger partial charge in [0.1, 0.15) is 11.6 Å². The first kappa shape index (κ1) is 29.2. The molecule has 7 nitrogen and oxygen atoms in total. The van der Waals surface area contributed by atoms with Crippen molar-refractivity contribution >= 4 is 23.5 Å². The average Bonchev–Trinajstić information content (AvgIpc) is 3.25. The van der Waals surface area contributed by atoms with Crippen LogP contribution in [-0.2, 0) is 25.5 Å². The van der Waals surface area contributed by atoms with Crippen molar-refractivity contribution in [2.24, 2.45) is 17.8 Å². The van der Waals surface area contributed by atoms with Gasteiger partial charge in [-0.3, -0.25) is 4.79 Å². The number of carbonyl (C=O) groups excluding carboxylic acids is 3. The number of nitrogens with zero attached hydrogens (tertiary/aromatic N) is 2. The summed E-state index contributed by atoms with van der Waals surface area (Å²) in [5.74, 6) is 0.326. The number of fused-ring (bicyclic) bond motifs is 2. The molecule has 2 aliphatic carbocycles. The van der Waals surface area contributed by atoms with Crippen LogP contribution in [0.2, 0.25) is 0 Å². The van der Waals surface area contributed by atoms with Crippen LogP contribution in [0.4, 0.5) is 4.79 Å². The summed E-state index contributed by atoms with van der Waals surface area (Å²) in [7, 11) is 3.20. The lowest BCUT2D eigenvalue weighted by atomic mass is 9.78. The molecule has 0 bridgehead atoms. The Hall–Kier alpha value is -2.83. The Labute approximate surface area is 233 Å². The zero-order valence-corrected chi connectivity index (χ0v) is 24.8. The van der Waals surface area contributed by atoms with Gasteiger partial charge in [0.2, 0.25) is 5.91 Å². The molecule has 7 heteroatoms. The van der Waals surface area contributed by atoms with Gasteiger partial charge in [-0.05, 0) is 93.4 Å². The minimum Gasteiger partial charge on any atom is -0.467 e. The van der Waals surface area contributed by atoms with Gasteiger partial charge in [0.25, 0.3) is 0 Å². The third kappa shape index (κ3) is 6.50. The van der Waals surface area contributed by atoms with E-state index in [0.29, 0.717) is 24.8 Å². The van der Waals surface area contributed by atoms with Gasteiger partial charge >= 0.3 is 12.1 Å². The second kappa shape index (κ2) is 11.7. The van der Waals surface area contributed by atoms with E-state index in [4.69, 9.17) is 9.47 Å². The van der Waals surface area contributed by atoms with E-state index in [0.717, 1.165) is 38.5 Å². The van der Waals surface area contributed by atoms with Crippen LogP contribution in [-0.4, -0.2) is 66.2 Å². The third-order valence-electron chi connectivity index (χ3n) is 8.44. The van der Waals surface area contributed by atoms with Crippen molar-refractivity contribution in [2.45, 2.75) is 97.2 Å². The fourth-order valence-electron chi connectivity index (χ4n) is 6.64. The number of methoxy groups -OCH3 is 1. The second-order valence-electron chi connectivity index (χ2n) is 13.1. The number of amides is 2.